The predicted octanol–water partition coefficient (Wildman–Crippen LogP) is 5.90. The topological polar surface area (TPSA) is 0 Å². The second-order valence-electron chi connectivity index (χ2n) is 5.81. The summed E-state index contributed by atoms with van der Waals surface area (Å²) in [4.78, 5) is 0. The first-order chi connectivity index (χ1) is 12.8. The third-order valence-corrected chi connectivity index (χ3v) is 10.7. The molecule has 0 spiro atoms. The van der Waals surface area contributed by atoms with Gasteiger partial charge in [-0.25, -0.2) is 0 Å². The van der Waals surface area contributed by atoms with Crippen LogP contribution < -0.4 is 15.9 Å². The average Bonchev–Trinajstić information content (AvgIpc) is 2.73. The van der Waals surface area contributed by atoms with Crippen LogP contribution in [-0.2, 0) is 0 Å². The molecule has 3 aromatic carbocycles. The monoisotopic (exact) mass is 395 g/mol. The smallest absolute Gasteiger partial charge is 0.119 e. The summed E-state index contributed by atoms with van der Waals surface area (Å²) in [5.74, 6) is 3.65. The van der Waals surface area contributed by atoms with E-state index in [1.807, 2.05) is 23.5 Å². The Morgan fingerprint density at radius 3 is 1.42 bits per heavy atom. The van der Waals surface area contributed by atoms with E-state index in [1.54, 1.807) is 0 Å². The van der Waals surface area contributed by atoms with Crippen molar-refractivity contribution >= 4 is 46.7 Å². The molecular weight excluding hydrogens is 371 g/mol. The van der Waals surface area contributed by atoms with Gasteiger partial charge < -0.3 is 0 Å². The molecule has 0 aliphatic heterocycles. The van der Waals surface area contributed by atoms with Crippen LogP contribution >= 0.6 is 30.8 Å². The first kappa shape index (κ1) is 19.3. The molecule has 3 rings (SSSR count). The van der Waals surface area contributed by atoms with Crippen molar-refractivity contribution in [2.45, 2.75) is 6.92 Å². The second kappa shape index (κ2) is 9.46. The summed E-state index contributed by atoms with van der Waals surface area (Å²) in [6.45, 7) is 2.22. The summed E-state index contributed by atoms with van der Waals surface area (Å²) in [6, 6.07) is 33.0. The fraction of sp³-hybridized carbons (Fsp3) is 0.130. The van der Waals surface area contributed by atoms with E-state index in [9.17, 15) is 0 Å². The minimum atomic E-state index is -1.86. The highest BCUT2D eigenvalue weighted by molar-refractivity contribution is 8.22. The Labute approximate surface area is 166 Å². The normalized spacial score (nSPS) is 12.2. The van der Waals surface area contributed by atoms with Gasteiger partial charge in [-0.3, -0.25) is 0 Å². The van der Waals surface area contributed by atoms with Gasteiger partial charge in [-0.2, -0.15) is 0 Å². The zero-order chi connectivity index (χ0) is 18.2. The van der Waals surface area contributed by atoms with Crippen molar-refractivity contribution in [3.05, 3.63) is 101 Å². The molecule has 0 radical (unpaired) electrons. The minimum Gasteiger partial charge on any atom is -0.119 e. The summed E-state index contributed by atoms with van der Waals surface area (Å²) >= 11 is 3.80. The highest BCUT2D eigenvalue weighted by atomic mass is 32.2. The van der Waals surface area contributed by atoms with E-state index in [-0.39, 0.29) is 0 Å². The Morgan fingerprint density at radius 2 is 1.12 bits per heavy atom. The SMILES string of the molecule is CCS/C(=C/[P+](c1ccccc1)(c1ccccc1)c1ccccc1)SC. The Hall–Kier alpha value is -1.47. The lowest BCUT2D eigenvalue weighted by Gasteiger charge is -2.25. The number of hydrogen-bond donors (Lipinski definition) is 0. The van der Waals surface area contributed by atoms with Crippen LogP contribution in [0, 0.1) is 0 Å². The maximum absolute atomic E-state index is 2.56. The van der Waals surface area contributed by atoms with Crippen molar-refractivity contribution in [3.8, 4) is 0 Å². The molecule has 0 N–H and O–H groups in total. The zero-order valence-electron chi connectivity index (χ0n) is 15.2. The Morgan fingerprint density at radius 1 is 0.731 bits per heavy atom. The maximum Gasteiger partial charge on any atom is 0.138 e. The lowest BCUT2D eigenvalue weighted by Crippen LogP contribution is -2.29. The van der Waals surface area contributed by atoms with Crippen LogP contribution in [0.25, 0.3) is 0 Å². The molecule has 0 aliphatic rings. The highest BCUT2D eigenvalue weighted by Crippen LogP contribution is 2.59. The summed E-state index contributed by atoms with van der Waals surface area (Å²) in [7, 11) is -1.86. The fourth-order valence-electron chi connectivity index (χ4n) is 3.11. The molecule has 0 atom stereocenters. The van der Waals surface area contributed by atoms with Gasteiger partial charge in [0.15, 0.2) is 0 Å². The lowest BCUT2D eigenvalue weighted by atomic mass is 10.4. The van der Waals surface area contributed by atoms with Gasteiger partial charge in [-0.1, -0.05) is 61.5 Å². The van der Waals surface area contributed by atoms with E-state index in [1.165, 1.54) is 20.2 Å². The molecule has 0 bridgehead atoms. The second-order valence-corrected chi connectivity index (χ2v) is 11.5. The molecule has 0 nitrogen and oxygen atoms in total. The largest absolute Gasteiger partial charge is 0.138 e. The van der Waals surface area contributed by atoms with Gasteiger partial charge in [0.05, 0.1) is 10.1 Å². The van der Waals surface area contributed by atoms with Crippen LogP contribution in [-0.4, -0.2) is 12.0 Å². The minimum absolute atomic E-state index is 1.09. The van der Waals surface area contributed by atoms with Gasteiger partial charge in [-0.05, 0) is 48.4 Å². The fourth-order valence-corrected chi connectivity index (χ4v) is 9.47. The van der Waals surface area contributed by atoms with E-state index < -0.39 is 7.26 Å². The molecule has 0 saturated carbocycles. The van der Waals surface area contributed by atoms with Crippen molar-refractivity contribution in [3.63, 3.8) is 0 Å². The Kier molecular flexibility index (Phi) is 7.02. The van der Waals surface area contributed by atoms with Gasteiger partial charge in [-0.15, -0.1) is 23.5 Å². The van der Waals surface area contributed by atoms with Crippen molar-refractivity contribution in [2.24, 2.45) is 0 Å². The number of rotatable bonds is 7. The van der Waals surface area contributed by atoms with Crippen LogP contribution in [0.1, 0.15) is 6.92 Å². The van der Waals surface area contributed by atoms with Crippen molar-refractivity contribution in [1.29, 1.82) is 0 Å². The van der Waals surface area contributed by atoms with Gasteiger partial charge in [0.25, 0.3) is 0 Å². The van der Waals surface area contributed by atoms with Crippen molar-refractivity contribution in [2.75, 3.05) is 12.0 Å². The van der Waals surface area contributed by atoms with Crippen LogP contribution in [0.4, 0.5) is 0 Å². The molecule has 3 heteroatoms. The quantitative estimate of drug-likeness (QED) is 0.457. The highest BCUT2D eigenvalue weighted by Gasteiger charge is 2.44. The Balaban J connectivity index is 2.35. The van der Waals surface area contributed by atoms with Gasteiger partial charge in [0, 0.05) is 0 Å². The van der Waals surface area contributed by atoms with Gasteiger partial charge in [0.1, 0.15) is 23.2 Å². The molecule has 0 unspecified atom stereocenters. The first-order valence-corrected chi connectivity index (χ1v) is 12.8. The van der Waals surface area contributed by atoms with Crippen LogP contribution in [0.5, 0.6) is 0 Å². The Bertz CT molecular complexity index is 733. The summed E-state index contributed by atoms with van der Waals surface area (Å²) in [5, 5.41) is 4.21. The van der Waals surface area contributed by atoms with E-state index in [0.717, 1.165) is 5.75 Å². The molecule has 0 aromatic heterocycles. The summed E-state index contributed by atoms with van der Waals surface area (Å²) in [6.07, 6.45) is 2.18. The van der Waals surface area contributed by atoms with E-state index in [2.05, 4.69) is 110 Å². The zero-order valence-corrected chi connectivity index (χ0v) is 17.7. The van der Waals surface area contributed by atoms with Crippen molar-refractivity contribution in [1.82, 2.24) is 0 Å². The summed E-state index contributed by atoms with van der Waals surface area (Å²) < 4.78 is 1.40. The average molecular weight is 396 g/mol. The third kappa shape index (κ3) is 4.09. The molecule has 0 amide bonds. The molecule has 26 heavy (non-hydrogen) atoms. The number of thioether (sulfide) groups is 2. The standard InChI is InChI=1S/C23H24PS2/c1-3-26-23(25-2)19-24(20-13-7-4-8-14-20,21-15-9-5-10-16-21)22-17-11-6-12-18-22/h4-19H,3H2,1-2H3/q+1/b23-19+. The van der Waals surface area contributed by atoms with Gasteiger partial charge in [0.2, 0.25) is 0 Å². The van der Waals surface area contributed by atoms with Gasteiger partial charge >= 0.3 is 0 Å². The van der Waals surface area contributed by atoms with E-state index in [4.69, 9.17) is 0 Å². The predicted molar refractivity (Wildman–Crippen MR) is 125 cm³/mol. The molecule has 0 saturated heterocycles. The third-order valence-electron chi connectivity index (χ3n) is 4.28. The molecule has 0 fully saturated rings. The van der Waals surface area contributed by atoms with Crippen molar-refractivity contribution < 1.29 is 0 Å². The molecule has 0 aliphatic carbocycles. The van der Waals surface area contributed by atoms with Crippen LogP contribution in [0.3, 0.4) is 0 Å². The molecular formula is C23H24PS2+. The lowest BCUT2D eigenvalue weighted by molar-refractivity contribution is 1.53. The van der Waals surface area contributed by atoms with Crippen LogP contribution in [0.2, 0.25) is 0 Å². The van der Waals surface area contributed by atoms with E-state index in [0.29, 0.717) is 0 Å². The molecule has 132 valence electrons. The summed E-state index contributed by atoms with van der Waals surface area (Å²) in [5.41, 5.74) is 0. The van der Waals surface area contributed by atoms with Crippen LogP contribution in [0.15, 0.2) is 101 Å². The molecule has 0 heterocycles. The van der Waals surface area contributed by atoms with E-state index >= 15 is 0 Å². The molecule has 3 aromatic rings. The number of benzene rings is 3. The maximum atomic E-state index is 2.56. The first-order valence-electron chi connectivity index (χ1n) is 8.76. The number of hydrogen-bond acceptors (Lipinski definition) is 2.